The molecular formula is C15H9BrClFO2. The van der Waals surface area contributed by atoms with Gasteiger partial charge >= 0.3 is 0 Å². The van der Waals surface area contributed by atoms with E-state index in [0.29, 0.717) is 15.1 Å². The Labute approximate surface area is 127 Å². The maximum absolute atomic E-state index is 13.9. The molecule has 0 saturated heterocycles. The number of para-hydroxylation sites is 1. The first-order chi connectivity index (χ1) is 9.56. The zero-order valence-electron chi connectivity index (χ0n) is 10.1. The van der Waals surface area contributed by atoms with E-state index in [2.05, 4.69) is 15.9 Å². The molecule has 0 amide bonds. The molecular weight excluding hydrogens is 347 g/mol. The van der Waals surface area contributed by atoms with Gasteiger partial charge in [-0.2, -0.15) is 0 Å². The second-order valence-corrected chi connectivity index (χ2v) is 5.70. The van der Waals surface area contributed by atoms with Crippen molar-refractivity contribution >= 4 is 38.5 Å². The van der Waals surface area contributed by atoms with Crippen LogP contribution in [0, 0.1) is 5.82 Å². The molecule has 0 spiro atoms. The summed E-state index contributed by atoms with van der Waals surface area (Å²) in [6, 6.07) is 11.4. The number of hydrogen-bond donors (Lipinski definition) is 1. The molecule has 1 atom stereocenters. The van der Waals surface area contributed by atoms with Crippen molar-refractivity contribution in [3.8, 4) is 0 Å². The molecule has 1 unspecified atom stereocenters. The third-order valence-electron chi connectivity index (χ3n) is 3.04. The van der Waals surface area contributed by atoms with E-state index in [9.17, 15) is 9.50 Å². The molecule has 5 heteroatoms. The highest BCUT2D eigenvalue weighted by Crippen LogP contribution is 2.33. The van der Waals surface area contributed by atoms with Gasteiger partial charge < -0.3 is 9.52 Å². The van der Waals surface area contributed by atoms with Crippen molar-refractivity contribution in [1.82, 2.24) is 0 Å². The molecule has 3 rings (SSSR count). The van der Waals surface area contributed by atoms with Crippen LogP contribution in [0.5, 0.6) is 0 Å². The lowest BCUT2D eigenvalue weighted by Crippen LogP contribution is -2.01. The van der Waals surface area contributed by atoms with E-state index in [1.54, 1.807) is 24.3 Å². The van der Waals surface area contributed by atoms with Gasteiger partial charge in [0, 0.05) is 15.4 Å². The van der Waals surface area contributed by atoms with Gasteiger partial charge in [-0.05, 0) is 24.3 Å². The van der Waals surface area contributed by atoms with Gasteiger partial charge in [-0.3, -0.25) is 0 Å². The molecule has 102 valence electrons. The van der Waals surface area contributed by atoms with Gasteiger partial charge in [0.25, 0.3) is 0 Å². The second-order valence-electron chi connectivity index (χ2n) is 4.38. The van der Waals surface area contributed by atoms with E-state index in [1.165, 1.54) is 12.1 Å². The zero-order chi connectivity index (χ0) is 14.3. The molecule has 0 aliphatic heterocycles. The Bertz CT molecular complexity index is 785. The van der Waals surface area contributed by atoms with Gasteiger partial charge in [0.05, 0.1) is 5.02 Å². The van der Waals surface area contributed by atoms with Gasteiger partial charge in [0.2, 0.25) is 0 Å². The fraction of sp³-hybridized carbons (Fsp3) is 0.0667. The zero-order valence-corrected chi connectivity index (χ0v) is 12.5. The first kappa shape index (κ1) is 13.6. The normalized spacial score (nSPS) is 12.8. The minimum absolute atomic E-state index is 0.156. The summed E-state index contributed by atoms with van der Waals surface area (Å²) in [6.45, 7) is 0. The van der Waals surface area contributed by atoms with Crippen LogP contribution in [-0.4, -0.2) is 5.11 Å². The van der Waals surface area contributed by atoms with Crippen molar-refractivity contribution in [2.75, 3.05) is 0 Å². The topological polar surface area (TPSA) is 33.4 Å². The summed E-state index contributed by atoms with van der Waals surface area (Å²) in [5, 5.41) is 11.5. The minimum atomic E-state index is -1.17. The minimum Gasteiger partial charge on any atom is -0.456 e. The smallest absolute Gasteiger partial charge is 0.153 e. The monoisotopic (exact) mass is 354 g/mol. The summed E-state index contributed by atoms with van der Waals surface area (Å²) < 4.78 is 20.0. The Kier molecular flexibility index (Phi) is 3.54. The average Bonchev–Trinajstić information content (AvgIpc) is 2.83. The predicted octanol–water partition coefficient (Wildman–Crippen LogP) is 5.07. The third-order valence-corrected chi connectivity index (χ3v) is 3.83. The number of benzene rings is 2. The predicted molar refractivity (Wildman–Crippen MR) is 79.4 cm³/mol. The molecule has 3 aromatic rings. The SMILES string of the molecule is OC(c1cc2cccc(Cl)c2o1)c1ccc(Br)cc1F. The molecule has 1 heterocycles. The summed E-state index contributed by atoms with van der Waals surface area (Å²) >= 11 is 9.19. The largest absolute Gasteiger partial charge is 0.456 e. The van der Waals surface area contributed by atoms with Gasteiger partial charge in [-0.25, -0.2) is 4.39 Å². The van der Waals surface area contributed by atoms with Crippen LogP contribution in [-0.2, 0) is 0 Å². The molecule has 1 N–H and O–H groups in total. The number of aliphatic hydroxyl groups is 1. The van der Waals surface area contributed by atoms with E-state index in [0.717, 1.165) is 5.39 Å². The quantitative estimate of drug-likeness (QED) is 0.696. The maximum atomic E-state index is 13.9. The Morgan fingerprint density at radius 3 is 2.70 bits per heavy atom. The summed E-state index contributed by atoms with van der Waals surface area (Å²) in [6.07, 6.45) is -1.17. The molecule has 2 aromatic carbocycles. The molecule has 0 aliphatic carbocycles. The number of aliphatic hydroxyl groups excluding tert-OH is 1. The summed E-state index contributed by atoms with van der Waals surface area (Å²) in [5.74, 6) is -0.243. The van der Waals surface area contributed by atoms with Crippen LogP contribution in [0.25, 0.3) is 11.0 Å². The summed E-state index contributed by atoms with van der Waals surface area (Å²) in [4.78, 5) is 0. The van der Waals surface area contributed by atoms with Gasteiger partial charge in [0.15, 0.2) is 5.58 Å². The van der Waals surface area contributed by atoms with Crippen molar-refractivity contribution in [3.63, 3.8) is 0 Å². The van der Waals surface area contributed by atoms with Crippen LogP contribution >= 0.6 is 27.5 Å². The number of halogens is 3. The van der Waals surface area contributed by atoms with Crippen LogP contribution < -0.4 is 0 Å². The standard InChI is InChI=1S/C15H9BrClFO2/c16-9-4-5-10(12(18)7-9)14(19)13-6-8-2-1-3-11(17)15(8)20-13/h1-7,14,19H. The fourth-order valence-electron chi connectivity index (χ4n) is 2.06. The first-order valence-electron chi connectivity index (χ1n) is 5.87. The van der Waals surface area contributed by atoms with Gasteiger partial charge in [-0.15, -0.1) is 0 Å². The van der Waals surface area contributed by atoms with Crippen molar-refractivity contribution in [1.29, 1.82) is 0 Å². The number of fused-ring (bicyclic) bond motifs is 1. The van der Waals surface area contributed by atoms with Crippen LogP contribution in [0.3, 0.4) is 0 Å². The van der Waals surface area contributed by atoms with Crippen molar-refractivity contribution in [2.24, 2.45) is 0 Å². The second kappa shape index (κ2) is 5.20. The maximum Gasteiger partial charge on any atom is 0.153 e. The summed E-state index contributed by atoms with van der Waals surface area (Å²) in [7, 11) is 0. The average molecular weight is 356 g/mol. The Morgan fingerprint density at radius 1 is 1.20 bits per heavy atom. The van der Waals surface area contributed by atoms with Crippen LogP contribution in [0.1, 0.15) is 17.4 Å². The lowest BCUT2D eigenvalue weighted by Gasteiger charge is -2.09. The van der Waals surface area contributed by atoms with Crippen molar-refractivity contribution in [2.45, 2.75) is 6.10 Å². The van der Waals surface area contributed by atoms with Crippen molar-refractivity contribution < 1.29 is 13.9 Å². The van der Waals surface area contributed by atoms with E-state index in [4.69, 9.17) is 16.0 Å². The van der Waals surface area contributed by atoms with Gasteiger partial charge in [-0.1, -0.05) is 45.7 Å². The Balaban J connectivity index is 2.08. The van der Waals surface area contributed by atoms with Crippen LogP contribution in [0.2, 0.25) is 5.02 Å². The van der Waals surface area contributed by atoms with Crippen LogP contribution in [0.15, 0.2) is 51.4 Å². The highest BCUT2D eigenvalue weighted by atomic mass is 79.9. The number of hydrogen-bond acceptors (Lipinski definition) is 2. The number of rotatable bonds is 2. The van der Waals surface area contributed by atoms with E-state index in [-0.39, 0.29) is 11.3 Å². The third kappa shape index (κ3) is 2.35. The van der Waals surface area contributed by atoms with E-state index >= 15 is 0 Å². The molecule has 1 aromatic heterocycles. The molecule has 0 bridgehead atoms. The Hall–Kier alpha value is -1.36. The highest BCUT2D eigenvalue weighted by Gasteiger charge is 2.20. The van der Waals surface area contributed by atoms with E-state index in [1.807, 2.05) is 6.07 Å². The molecule has 0 radical (unpaired) electrons. The molecule has 0 saturated carbocycles. The lowest BCUT2D eigenvalue weighted by molar-refractivity contribution is 0.187. The first-order valence-corrected chi connectivity index (χ1v) is 7.04. The van der Waals surface area contributed by atoms with Crippen LogP contribution in [0.4, 0.5) is 4.39 Å². The highest BCUT2D eigenvalue weighted by molar-refractivity contribution is 9.10. The van der Waals surface area contributed by atoms with Gasteiger partial charge in [0.1, 0.15) is 17.7 Å². The van der Waals surface area contributed by atoms with Crippen molar-refractivity contribution in [3.05, 3.63) is 69.1 Å². The lowest BCUT2D eigenvalue weighted by atomic mass is 10.1. The Morgan fingerprint density at radius 2 is 2.00 bits per heavy atom. The molecule has 0 fully saturated rings. The number of furan rings is 1. The van der Waals surface area contributed by atoms with E-state index < -0.39 is 11.9 Å². The fourth-order valence-corrected chi connectivity index (χ4v) is 2.61. The molecule has 20 heavy (non-hydrogen) atoms. The summed E-state index contributed by atoms with van der Waals surface area (Å²) in [5.41, 5.74) is 0.643. The molecule has 2 nitrogen and oxygen atoms in total. The molecule has 0 aliphatic rings.